The third-order valence-corrected chi connectivity index (χ3v) is 5.77. The lowest BCUT2D eigenvalue weighted by Crippen LogP contribution is -2.43. The van der Waals surface area contributed by atoms with Crippen molar-refractivity contribution in [3.8, 4) is 0 Å². The Balaban J connectivity index is 0.00000300. The van der Waals surface area contributed by atoms with Gasteiger partial charge in [-0.3, -0.25) is 4.98 Å². The lowest BCUT2D eigenvalue weighted by molar-refractivity contribution is 0.105. The molecule has 1 fully saturated rings. The number of guanidine groups is 1. The number of ether oxygens (including phenoxy) is 1. The SMILES string of the molecule is CCNC(=NCc1ccnc2ccccc12)NCC1(CCOCC)CCCC1.I. The Bertz CT molecular complexity index is 769. The van der Waals surface area contributed by atoms with Crippen LogP contribution in [-0.2, 0) is 11.3 Å². The summed E-state index contributed by atoms with van der Waals surface area (Å²) in [5, 5.41) is 8.19. The molecule has 0 saturated heterocycles. The first-order valence-electron chi connectivity index (χ1n) is 10.7. The summed E-state index contributed by atoms with van der Waals surface area (Å²) in [6.07, 6.45) is 8.20. The Hall–Kier alpha value is -1.41. The zero-order chi connectivity index (χ0) is 19.7. The first-order chi connectivity index (χ1) is 13.8. The lowest BCUT2D eigenvalue weighted by atomic mass is 9.83. The minimum absolute atomic E-state index is 0. The molecule has 0 spiro atoms. The summed E-state index contributed by atoms with van der Waals surface area (Å²) in [5.41, 5.74) is 2.57. The summed E-state index contributed by atoms with van der Waals surface area (Å²) in [4.78, 5) is 9.30. The second-order valence-electron chi connectivity index (χ2n) is 7.69. The van der Waals surface area contributed by atoms with E-state index in [0.717, 1.165) is 44.2 Å². The van der Waals surface area contributed by atoms with Crippen LogP contribution in [0.1, 0.15) is 51.5 Å². The number of hydrogen-bond acceptors (Lipinski definition) is 3. The van der Waals surface area contributed by atoms with E-state index in [4.69, 9.17) is 9.73 Å². The molecule has 0 radical (unpaired) electrons. The molecular formula is C23H35IN4O. The van der Waals surface area contributed by atoms with E-state index in [2.05, 4.69) is 47.7 Å². The largest absolute Gasteiger partial charge is 0.382 e. The summed E-state index contributed by atoms with van der Waals surface area (Å²) in [6.45, 7) is 8.29. The van der Waals surface area contributed by atoms with Crippen LogP contribution in [0.25, 0.3) is 10.9 Å². The van der Waals surface area contributed by atoms with Crippen LogP contribution in [0, 0.1) is 5.41 Å². The number of nitrogens with zero attached hydrogens (tertiary/aromatic N) is 2. The van der Waals surface area contributed by atoms with Crippen LogP contribution < -0.4 is 10.6 Å². The smallest absolute Gasteiger partial charge is 0.191 e. The number of fused-ring (bicyclic) bond motifs is 1. The second kappa shape index (κ2) is 12.3. The van der Waals surface area contributed by atoms with Crippen molar-refractivity contribution in [2.75, 3.05) is 26.3 Å². The molecule has 0 unspecified atom stereocenters. The molecule has 160 valence electrons. The molecule has 0 aliphatic heterocycles. The third-order valence-electron chi connectivity index (χ3n) is 5.77. The minimum atomic E-state index is 0. The van der Waals surface area contributed by atoms with E-state index >= 15 is 0 Å². The molecule has 2 N–H and O–H groups in total. The first-order valence-corrected chi connectivity index (χ1v) is 10.7. The highest BCUT2D eigenvalue weighted by molar-refractivity contribution is 14.0. The first kappa shape index (κ1) is 23.9. The number of para-hydroxylation sites is 1. The number of hydrogen-bond donors (Lipinski definition) is 2. The van der Waals surface area contributed by atoms with Crippen molar-refractivity contribution in [3.05, 3.63) is 42.1 Å². The maximum absolute atomic E-state index is 5.64. The van der Waals surface area contributed by atoms with Crippen LogP contribution in [0.5, 0.6) is 0 Å². The van der Waals surface area contributed by atoms with E-state index < -0.39 is 0 Å². The molecule has 1 aromatic heterocycles. The molecule has 1 aromatic carbocycles. The highest BCUT2D eigenvalue weighted by Crippen LogP contribution is 2.40. The fraction of sp³-hybridized carbons (Fsp3) is 0.565. The molecule has 6 heteroatoms. The van der Waals surface area contributed by atoms with Crippen LogP contribution in [0.2, 0.25) is 0 Å². The van der Waals surface area contributed by atoms with Gasteiger partial charge in [0.1, 0.15) is 0 Å². The van der Waals surface area contributed by atoms with Gasteiger partial charge in [-0.25, -0.2) is 4.99 Å². The minimum Gasteiger partial charge on any atom is -0.382 e. The molecule has 0 amide bonds. The standard InChI is InChI=1S/C23H34N4O.HI/c1-3-24-22(27-18-23(12-7-8-13-23)14-16-28-4-2)26-17-19-11-15-25-21-10-6-5-9-20(19)21;/h5-6,9-11,15H,3-4,7-8,12-14,16-18H2,1-2H3,(H2,24,26,27);1H. The molecule has 2 aromatic rings. The average molecular weight is 510 g/mol. The molecule has 1 aliphatic carbocycles. The predicted molar refractivity (Wildman–Crippen MR) is 132 cm³/mol. The normalized spacial score (nSPS) is 15.9. The van der Waals surface area contributed by atoms with Crippen molar-refractivity contribution >= 4 is 40.8 Å². The second-order valence-corrected chi connectivity index (χ2v) is 7.69. The number of nitrogens with one attached hydrogen (secondary N) is 2. The van der Waals surface area contributed by atoms with Crippen LogP contribution >= 0.6 is 24.0 Å². The number of aromatic nitrogens is 1. The highest BCUT2D eigenvalue weighted by atomic mass is 127. The number of pyridine rings is 1. The van der Waals surface area contributed by atoms with Gasteiger partial charge < -0.3 is 15.4 Å². The zero-order valence-corrected chi connectivity index (χ0v) is 20.1. The van der Waals surface area contributed by atoms with E-state index in [1.165, 1.54) is 36.6 Å². The lowest BCUT2D eigenvalue weighted by Gasteiger charge is -2.30. The maximum Gasteiger partial charge on any atom is 0.191 e. The van der Waals surface area contributed by atoms with Gasteiger partial charge in [0.05, 0.1) is 12.1 Å². The number of aliphatic imine (C=N–C) groups is 1. The topological polar surface area (TPSA) is 58.5 Å². The van der Waals surface area contributed by atoms with E-state index in [9.17, 15) is 0 Å². The zero-order valence-electron chi connectivity index (χ0n) is 17.7. The monoisotopic (exact) mass is 510 g/mol. The Morgan fingerprint density at radius 2 is 1.93 bits per heavy atom. The number of halogens is 1. The summed E-state index contributed by atoms with van der Waals surface area (Å²) < 4.78 is 5.64. The van der Waals surface area contributed by atoms with Crippen molar-refractivity contribution in [1.82, 2.24) is 15.6 Å². The van der Waals surface area contributed by atoms with Gasteiger partial charge in [-0.2, -0.15) is 0 Å². The summed E-state index contributed by atoms with van der Waals surface area (Å²) in [6, 6.07) is 10.3. The number of rotatable bonds is 9. The molecule has 5 nitrogen and oxygen atoms in total. The Morgan fingerprint density at radius 1 is 1.14 bits per heavy atom. The molecule has 1 heterocycles. The van der Waals surface area contributed by atoms with Gasteiger partial charge in [0.2, 0.25) is 0 Å². The van der Waals surface area contributed by atoms with Gasteiger partial charge >= 0.3 is 0 Å². The van der Waals surface area contributed by atoms with Gasteiger partial charge in [-0.05, 0) is 56.2 Å². The van der Waals surface area contributed by atoms with E-state index in [1.807, 2.05) is 18.3 Å². The highest BCUT2D eigenvalue weighted by Gasteiger charge is 2.33. The quantitative estimate of drug-likeness (QED) is 0.218. The molecule has 0 bridgehead atoms. The van der Waals surface area contributed by atoms with Crippen molar-refractivity contribution in [2.24, 2.45) is 10.4 Å². The number of benzene rings is 1. The predicted octanol–water partition coefficient (Wildman–Crippen LogP) is 4.89. The Kier molecular flexibility index (Phi) is 10.1. The van der Waals surface area contributed by atoms with Crippen molar-refractivity contribution < 1.29 is 4.74 Å². The van der Waals surface area contributed by atoms with E-state index in [0.29, 0.717) is 12.0 Å². The fourth-order valence-corrected chi connectivity index (χ4v) is 4.14. The van der Waals surface area contributed by atoms with Gasteiger partial charge in [-0.1, -0.05) is 31.0 Å². The molecular weight excluding hydrogens is 475 g/mol. The van der Waals surface area contributed by atoms with E-state index in [1.54, 1.807) is 0 Å². The molecule has 1 aliphatic rings. The van der Waals surface area contributed by atoms with Crippen molar-refractivity contribution in [3.63, 3.8) is 0 Å². The maximum atomic E-state index is 5.64. The molecule has 29 heavy (non-hydrogen) atoms. The van der Waals surface area contributed by atoms with Crippen LogP contribution in [0.3, 0.4) is 0 Å². The molecule has 1 saturated carbocycles. The van der Waals surface area contributed by atoms with Gasteiger partial charge in [0.15, 0.2) is 5.96 Å². The third kappa shape index (κ3) is 6.81. The van der Waals surface area contributed by atoms with Crippen molar-refractivity contribution in [2.45, 2.75) is 52.5 Å². The van der Waals surface area contributed by atoms with Gasteiger partial charge in [0, 0.05) is 37.9 Å². The summed E-state index contributed by atoms with van der Waals surface area (Å²) >= 11 is 0. The Labute approximate surface area is 192 Å². The average Bonchev–Trinajstić information content (AvgIpc) is 3.19. The Morgan fingerprint density at radius 3 is 2.69 bits per heavy atom. The fourth-order valence-electron chi connectivity index (χ4n) is 4.14. The van der Waals surface area contributed by atoms with Crippen LogP contribution in [0.15, 0.2) is 41.5 Å². The van der Waals surface area contributed by atoms with Crippen LogP contribution in [0.4, 0.5) is 0 Å². The molecule has 0 atom stereocenters. The van der Waals surface area contributed by atoms with Crippen LogP contribution in [-0.4, -0.2) is 37.2 Å². The molecule has 3 rings (SSSR count). The van der Waals surface area contributed by atoms with Gasteiger partial charge in [0.25, 0.3) is 0 Å². The van der Waals surface area contributed by atoms with Crippen molar-refractivity contribution in [1.29, 1.82) is 0 Å². The summed E-state index contributed by atoms with van der Waals surface area (Å²) in [7, 11) is 0. The van der Waals surface area contributed by atoms with Gasteiger partial charge in [-0.15, -0.1) is 24.0 Å². The summed E-state index contributed by atoms with van der Waals surface area (Å²) in [5.74, 6) is 0.895. The van der Waals surface area contributed by atoms with E-state index in [-0.39, 0.29) is 24.0 Å².